The summed E-state index contributed by atoms with van der Waals surface area (Å²) in [6.45, 7) is 4.69. The van der Waals surface area contributed by atoms with Crippen LogP contribution in [0.4, 0.5) is 0 Å². The summed E-state index contributed by atoms with van der Waals surface area (Å²) in [5, 5.41) is 2.82. The second kappa shape index (κ2) is 9.86. The first-order valence-corrected chi connectivity index (χ1v) is 10.4. The normalized spacial score (nSPS) is 16.1. The van der Waals surface area contributed by atoms with E-state index in [1.807, 2.05) is 30.3 Å². The monoisotopic (exact) mass is 369 g/mol. The molecule has 1 N–H and O–H groups in total. The summed E-state index contributed by atoms with van der Waals surface area (Å²) in [7, 11) is -3.33. The minimum absolute atomic E-state index is 0.149. The Balaban J connectivity index is 1.75. The highest BCUT2D eigenvalue weighted by Gasteiger charge is 2.19. The van der Waals surface area contributed by atoms with Crippen molar-refractivity contribution in [1.82, 2.24) is 14.5 Å². The topological polar surface area (TPSA) is 79.0 Å². The number of hydrogen-bond acceptors (Lipinski definition) is 5. The molecule has 0 aromatic heterocycles. The number of nitrogens with one attached hydrogen (secondary N) is 1. The third kappa shape index (κ3) is 7.52. The number of sulfonamides is 1. The van der Waals surface area contributed by atoms with Crippen molar-refractivity contribution in [3.8, 4) is 0 Å². The van der Waals surface area contributed by atoms with Crippen LogP contribution in [0.5, 0.6) is 0 Å². The van der Waals surface area contributed by atoms with Crippen LogP contribution in [-0.4, -0.2) is 75.7 Å². The van der Waals surface area contributed by atoms with Gasteiger partial charge in [-0.25, -0.2) is 12.7 Å². The molecule has 1 aromatic carbocycles. The van der Waals surface area contributed by atoms with Gasteiger partial charge in [-0.2, -0.15) is 0 Å². The van der Waals surface area contributed by atoms with Crippen LogP contribution in [0, 0.1) is 0 Å². The Bertz CT molecular complexity index is 631. The van der Waals surface area contributed by atoms with E-state index in [0.29, 0.717) is 32.8 Å². The van der Waals surface area contributed by atoms with E-state index in [2.05, 4.69) is 10.2 Å². The van der Waals surface area contributed by atoms with Crippen molar-refractivity contribution in [1.29, 1.82) is 0 Å². The smallest absolute Gasteiger partial charge is 0.221 e. The molecule has 0 saturated carbocycles. The summed E-state index contributed by atoms with van der Waals surface area (Å²) in [5.41, 5.74) is 1.02. The first-order chi connectivity index (χ1) is 11.9. The number of nitrogens with zero attached hydrogens (tertiary/aromatic N) is 2. The lowest BCUT2D eigenvalue weighted by Crippen LogP contribution is -2.43. The molecular formula is C17H27N3O4S. The number of benzene rings is 1. The Labute approximate surface area is 150 Å². The molecular weight excluding hydrogens is 342 g/mol. The van der Waals surface area contributed by atoms with E-state index in [1.165, 1.54) is 10.6 Å². The van der Waals surface area contributed by atoms with Gasteiger partial charge in [0.05, 0.1) is 19.5 Å². The number of carbonyl (C=O) groups excluding carboxylic acids is 1. The minimum Gasteiger partial charge on any atom is -0.379 e. The second-order valence-corrected chi connectivity index (χ2v) is 8.11. The van der Waals surface area contributed by atoms with Crippen LogP contribution in [-0.2, 0) is 26.1 Å². The molecule has 1 saturated heterocycles. The van der Waals surface area contributed by atoms with E-state index >= 15 is 0 Å². The first-order valence-electron chi connectivity index (χ1n) is 8.51. The Morgan fingerprint density at radius 2 is 1.88 bits per heavy atom. The van der Waals surface area contributed by atoms with Gasteiger partial charge in [-0.3, -0.25) is 9.69 Å². The van der Waals surface area contributed by atoms with Crippen molar-refractivity contribution in [3.05, 3.63) is 35.9 Å². The minimum atomic E-state index is -3.33. The van der Waals surface area contributed by atoms with Crippen LogP contribution in [0.2, 0.25) is 0 Å². The SMILES string of the molecule is CS(=O)(=O)N(CCC(=O)NCc1ccccc1)CCN1CCOCC1. The molecule has 0 radical (unpaired) electrons. The Kier molecular flexibility index (Phi) is 7.83. The highest BCUT2D eigenvalue weighted by Crippen LogP contribution is 2.04. The molecule has 0 bridgehead atoms. The van der Waals surface area contributed by atoms with Crippen molar-refractivity contribution in [2.75, 3.05) is 52.2 Å². The lowest BCUT2D eigenvalue weighted by Gasteiger charge is -2.29. The Morgan fingerprint density at radius 1 is 1.20 bits per heavy atom. The van der Waals surface area contributed by atoms with Crippen molar-refractivity contribution >= 4 is 15.9 Å². The van der Waals surface area contributed by atoms with Gasteiger partial charge in [-0.05, 0) is 5.56 Å². The summed E-state index contributed by atoms with van der Waals surface area (Å²) in [5.74, 6) is -0.149. The highest BCUT2D eigenvalue weighted by atomic mass is 32.2. The lowest BCUT2D eigenvalue weighted by molar-refractivity contribution is -0.121. The third-order valence-electron chi connectivity index (χ3n) is 4.16. The van der Waals surface area contributed by atoms with Gasteiger partial charge in [-0.1, -0.05) is 30.3 Å². The molecule has 0 aliphatic carbocycles. The van der Waals surface area contributed by atoms with E-state index in [4.69, 9.17) is 4.74 Å². The lowest BCUT2D eigenvalue weighted by atomic mass is 10.2. The fraction of sp³-hybridized carbons (Fsp3) is 0.588. The van der Waals surface area contributed by atoms with Crippen LogP contribution in [0.1, 0.15) is 12.0 Å². The number of rotatable bonds is 9. The first kappa shape index (κ1) is 19.8. The van der Waals surface area contributed by atoms with E-state index in [1.54, 1.807) is 0 Å². The molecule has 25 heavy (non-hydrogen) atoms. The number of morpholine rings is 1. The van der Waals surface area contributed by atoms with Gasteiger partial charge < -0.3 is 10.1 Å². The van der Waals surface area contributed by atoms with Crippen molar-refractivity contribution in [2.45, 2.75) is 13.0 Å². The molecule has 0 unspecified atom stereocenters. The fourth-order valence-electron chi connectivity index (χ4n) is 2.63. The molecule has 1 heterocycles. The van der Waals surface area contributed by atoms with Crippen molar-refractivity contribution in [2.24, 2.45) is 0 Å². The molecule has 1 aliphatic rings. The Morgan fingerprint density at radius 3 is 2.52 bits per heavy atom. The van der Waals surface area contributed by atoms with Crippen molar-refractivity contribution < 1.29 is 17.9 Å². The van der Waals surface area contributed by atoms with Gasteiger partial charge in [-0.15, -0.1) is 0 Å². The van der Waals surface area contributed by atoms with Crippen molar-refractivity contribution in [3.63, 3.8) is 0 Å². The summed E-state index contributed by atoms with van der Waals surface area (Å²) in [6.07, 6.45) is 1.34. The summed E-state index contributed by atoms with van der Waals surface area (Å²) < 4.78 is 30.6. The highest BCUT2D eigenvalue weighted by molar-refractivity contribution is 7.88. The van der Waals surface area contributed by atoms with E-state index in [9.17, 15) is 13.2 Å². The second-order valence-electron chi connectivity index (χ2n) is 6.13. The quantitative estimate of drug-likeness (QED) is 0.677. The Hall–Kier alpha value is -1.48. The predicted molar refractivity (Wildman–Crippen MR) is 96.6 cm³/mol. The molecule has 1 aromatic rings. The van der Waals surface area contributed by atoms with Crippen LogP contribution in [0.15, 0.2) is 30.3 Å². The van der Waals surface area contributed by atoms with Gasteiger partial charge in [0.25, 0.3) is 0 Å². The standard InChI is InChI=1S/C17H27N3O4S/c1-25(22,23)20(10-9-19-11-13-24-14-12-19)8-7-17(21)18-15-16-5-3-2-4-6-16/h2-6H,7-15H2,1H3,(H,18,21). The molecule has 0 spiro atoms. The maximum Gasteiger partial charge on any atom is 0.221 e. The zero-order valence-corrected chi connectivity index (χ0v) is 15.5. The van der Waals surface area contributed by atoms with Gasteiger partial charge in [0.1, 0.15) is 0 Å². The molecule has 0 atom stereocenters. The van der Waals surface area contributed by atoms with Gasteiger partial charge in [0, 0.05) is 45.7 Å². The third-order valence-corrected chi connectivity index (χ3v) is 5.46. The summed E-state index contributed by atoms with van der Waals surface area (Å²) >= 11 is 0. The average molecular weight is 369 g/mol. The zero-order chi connectivity index (χ0) is 18.1. The average Bonchev–Trinajstić information content (AvgIpc) is 2.60. The number of amides is 1. The molecule has 8 heteroatoms. The zero-order valence-electron chi connectivity index (χ0n) is 14.7. The number of ether oxygens (including phenoxy) is 1. The van der Waals surface area contributed by atoms with E-state index in [-0.39, 0.29) is 18.9 Å². The van der Waals surface area contributed by atoms with Crippen LogP contribution < -0.4 is 5.32 Å². The van der Waals surface area contributed by atoms with Gasteiger partial charge in [0.15, 0.2) is 0 Å². The molecule has 2 rings (SSSR count). The number of carbonyl (C=O) groups is 1. The van der Waals surface area contributed by atoms with E-state index in [0.717, 1.165) is 18.7 Å². The largest absolute Gasteiger partial charge is 0.379 e. The molecule has 140 valence electrons. The van der Waals surface area contributed by atoms with Crippen LogP contribution in [0.3, 0.4) is 0 Å². The fourth-order valence-corrected chi connectivity index (χ4v) is 3.47. The molecule has 1 fully saturated rings. The maximum atomic E-state index is 12.0. The molecule has 1 amide bonds. The summed E-state index contributed by atoms with van der Waals surface area (Å²) in [6, 6.07) is 9.62. The number of hydrogen-bond donors (Lipinski definition) is 1. The molecule has 7 nitrogen and oxygen atoms in total. The predicted octanol–water partition coefficient (Wildman–Crippen LogP) is 0.287. The van der Waals surface area contributed by atoms with Crippen LogP contribution >= 0.6 is 0 Å². The van der Waals surface area contributed by atoms with Gasteiger partial charge >= 0.3 is 0 Å². The van der Waals surface area contributed by atoms with Gasteiger partial charge in [0.2, 0.25) is 15.9 Å². The van der Waals surface area contributed by atoms with Crippen LogP contribution in [0.25, 0.3) is 0 Å². The van der Waals surface area contributed by atoms with E-state index < -0.39 is 10.0 Å². The summed E-state index contributed by atoms with van der Waals surface area (Å²) in [4.78, 5) is 14.2. The molecule has 1 aliphatic heterocycles. The maximum absolute atomic E-state index is 12.0.